The molecule has 21 heavy (non-hydrogen) atoms. The van der Waals surface area contributed by atoms with Crippen molar-refractivity contribution in [1.29, 1.82) is 0 Å². The van der Waals surface area contributed by atoms with Crippen molar-refractivity contribution in [3.63, 3.8) is 0 Å². The average molecular weight is 479 g/mol. The predicted molar refractivity (Wildman–Crippen MR) is 73.8 cm³/mol. The summed E-state index contributed by atoms with van der Waals surface area (Å²) in [6.45, 7) is 0. The van der Waals surface area contributed by atoms with E-state index in [0.717, 1.165) is 51.4 Å². The number of nitrogens with zero attached hydrogens (tertiary/aromatic N) is 4. The molecule has 2 rings (SSSR count). The Bertz CT molecular complexity index is 355. The molecule has 0 unspecified atom stereocenters. The third-order valence-corrected chi connectivity index (χ3v) is 3.30. The van der Waals surface area contributed by atoms with Crippen LogP contribution in [0.1, 0.15) is 51.4 Å². The summed E-state index contributed by atoms with van der Waals surface area (Å²) in [5.41, 5.74) is 2.09. The van der Waals surface area contributed by atoms with Crippen LogP contribution in [0.5, 0.6) is 0 Å². The minimum atomic E-state index is 0. The van der Waals surface area contributed by atoms with Gasteiger partial charge in [-0.2, -0.15) is 0 Å². The Labute approximate surface area is 137 Å². The van der Waals surface area contributed by atoms with Crippen LogP contribution < -0.4 is 0 Å². The van der Waals surface area contributed by atoms with E-state index in [1.165, 1.54) is 0 Å². The van der Waals surface area contributed by atoms with E-state index >= 15 is 0 Å². The van der Waals surface area contributed by atoms with Gasteiger partial charge in [0.05, 0.1) is 0 Å². The number of hydrogen-bond donors (Lipinski definition) is 4. The molecule has 0 aromatic rings. The van der Waals surface area contributed by atoms with Crippen LogP contribution in [0.15, 0.2) is 20.6 Å². The summed E-state index contributed by atoms with van der Waals surface area (Å²) >= 11 is 0. The zero-order valence-corrected chi connectivity index (χ0v) is 13.8. The van der Waals surface area contributed by atoms with Gasteiger partial charge < -0.3 is 20.8 Å². The third-order valence-electron chi connectivity index (χ3n) is 3.30. The van der Waals surface area contributed by atoms with E-state index in [9.17, 15) is 0 Å². The Kier molecular flexibility index (Phi) is 10.5. The predicted octanol–water partition coefficient (Wildman–Crippen LogP) is 2.44. The van der Waals surface area contributed by atoms with Crippen molar-refractivity contribution in [3.8, 4) is 0 Å². The first-order valence-electron chi connectivity index (χ1n) is 6.61. The van der Waals surface area contributed by atoms with Crippen LogP contribution in [0.25, 0.3) is 0 Å². The summed E-state index contributed by atoms with van der Waals surface area (Å²) in [6, 6.07) is 0. The van der Waals surface area contributed by atoms with Gasteiger partial charge in [0.1, 0.15) is 22.8 Å². The number of rotatable bonds is 0. The Balaban J connectivity index is 0.000000364. The molecule has 2 aliphatic rings. The summed E-state index contributed by atoms with van der Waals surface area (Å²) in [4.78, 5) is 0. The number of oxime groups is 4. The van der Waals surface area contributed by atoms with Gasteiger partial charge in [0.2, 0.25) is 0 Å². The van der Waals surface area contributed by atoms with Gasteiger partial charge in [0, 0.05) is 21.1 Å². The molecule has 9 heteroatoms. The maximum atomic E-state index is 8.39. The van der Waals surface area contributed by atoms with Crippen LogP contribution in [0.3, 0.4) is 0 Å². The van der Waals surface area contributed by atoms with Crippen molar-refractivity contribution in [3.05, 3.63) is 0 Å². The van der Waals surface area contributed by atoms with Crippen LogP contribution in [0.2, 0.25) is 0 Å². The normalized spacial score (nSPS) is 26.3. The zero-order chi connectivity index (χ0) is 14.8. The fourth-order valence-electron chi connectivity index (χ4n) is 2.18. The van der Waals surface area contributed by atoms with Gasteiger partial charge in [-0.15, -0.1) is 0 Å². The summed E-state index contributed by atoms with van der Waals surface area (Å²) in [6.07, 6.45) is 6.92. The summed E-state index contributed by atoms with van der Waals surface area (Å²) in [5.74, 6) is 0. The van der Waals surface area contributed by atoms with E-state index in [0.29, 0.717) is 22.8 Å². The minimum absolute atomic E-state index is 0. The third kappa shape index (κ3) is 6.25. The topological polar surface area (TPSA) is 130 Å². The molecule has 0 amide bonds. The maximum absolute atomic E-state index is 8.39. The molecule has 8 nitrogen and oxygen atoms in total. The van der Waals surface area contributed by atoms with Gasteiger partial charge in [-0.1, -0.05) is 20.6 Å². The van der Waals surface area contributed by atoms with Gasteiger partial charge in [0.25, 0.3) is 0 Å². The molecule has 0 heterocycles. The maximum Gasteiger partial charge on any atom is 0.104 e. The fraction of sp³-hybridized carbons (Fsp3) is 0.667. The Morgan fingerprint density at radius 3 is 0.810 bits per heavy atom. The first-order valence-corrected chi connectivity index (χ1v) is 6.61. The molecule has 122 valence electrons. The largest absolute Gasteiger partial charge is 0.411 e. The van der Waals surface area contributed by atoms with Crippen LogP contribution in [-0.4, -0.2) is 43.7 Å². The van der Waals surface area contributed by atoms with Crippen molar-refractivity contribution in [2.24, 2.45) is 20.6 Å². The van der Waals surface area contributed by atoms with E-state index < -0.39 is 0 Å². The molecule has 0 aromatic carbocycles. The Morgan fingerprint density at radius 2 is 0.667 bits per heavy atom. The van der Waals surface area contributed by atoms with Crippen molar-refractivity contribution in [1.82, 2.24) is 0 Å². The monoisotopic (exact) mass is 479 g/mol. The SMILES string of the molecule is O/N=C1\CCCC\C1=N/O.O/N=C1\CCCC\C1=N/O.[Pt]. The Hall–Kier alpha value is -1.43. The molecule has 2 saturated carbocycles. The molecule has 0 bridgehead atoms. The molecule has 4 N–H and O–H groups in total. The zero-order valence-electron chi connectivity index (χ0n) is 11.6. The van der Waals surface area contributed by atoms with E-state index in [2.05, 4.69) is 20.6 Å². The van der Waals surface area contributed by atoms with Gasteiger partial charge in [0.15, 0.2) is 0 Å². The first kappa shape index (κ1) is 19.6. The quantitative estimate of drug-likeness (QED) is 0.314. The molecule has 0 aromatic heterocycles. The van der Waals surface area contributed by atoms with Gasteiger partial charge in [-0.3, -0.25) is 0 Å². The van der Waals surface area contributed by atoms with Gasteiger partial charge in [-0.25, -0.2) is 0 Å². The van der Waals surface area contributed by atoms with E-state index in [1.807, 2.05) is 0 Å². The standard InChI is InChI=1S/2C6H10N2O2.Pt/c2*9-7-5-3-1-2-4-6(5)8-10;/h2*9-10H,1-4H2;/b2*7-5+,8-6+;. The first-order chi connectivity index (χ1) is 9.76. The van der Waals surface area contributed by atoms with E-state index in [4.69, 9.17) is 20.8 Å². The molecule has 0 radical (unpaired) electrons. The van der Waals surface area contributed by atoms with E-state index in [1.54, 1.807) is 0 Å². The van der Waals surface area contributed by atoms with Crippen LogP contribution in [0, 0.1) is 0 Å². The van der Waals surface area contributed by atoms with Crippen molar-refractivity contribution in [2.45, 2.75) is 51.4 Å². The van der Waals surface area contributed by atoms with Crippen LogP contribution in [0.4, 0.5) is 0 Å². The summed E-state index contributed by atoms with van der Waals surface area (Å²) in [5, 5.41) is 45.7. The molecule has 2 aliphatic carbocycles. The second-order valence-electron chi connectivity index (χ2n) is 4.60. The smallest absolute Gasteiger partial charge is 0.104 e. The van der Waals surface area contributed by atoms with Crippen molar-refractivity contribution in [2.75, 3.05) is 0 Å². The van der Waals surface area contributed by atoms with Gasteiger partial charge in [-0.05, 0) is 51.4 Å². The van der Waals surface area contributed by atoms with Crippen molar-refractivity contribution >= 4 is 22.8 Å². The van der Waals surface area contributed by atoms with Gasteiger partial charge >= 0.3 is 0 Å². The van der Waals surface area contributed by atoms with Crippen molar-refractivity contribution < 1.29 is 41.9 Å². The number of hydrogen-bond acceptors (Lipinski definition) is 8. The molecular weight excluding hydrogens is 459 g/mol. The fourth-order valence-corrected chi connectivity index (χ4v) is 2.18. The Morgan fingerprint density at radius 1 is 0.476 bits per heavy atom. The molecule has 2 fully saturated rings. The molecule has 0 spiro atoms. The molecule has 0 saturated heterocycles. The average Bonchev–Trinajstić information content (AvgIpc) is 2.55. The minimum Gasteiger partial charge on any atom is -0.411 e. The summed E-state index contributed by atoms with van der Waals surface area (Å²) in [7, 11) is 0. The molecule has 0 atom stereocenters. The van der Waals surface area contributed by atoms with Crippen LogP contribution >= 0.6 is 0 Å². The second-order valence-corrected chi connectivity index (χ2v) is 4.60. The molecular formula is C12H20N4O4Pt. The van der Waals surface area contributed by atoms with E-state index in [-0.39, 0.29) is 21.1 Å². The van der Waals surface area contributed by atoms with Crippen LogP contribution in [-0.2, 0) is 21.1 Å². The molecule has 0 aliphatic heterocycles. The second kappa shape index (κ2) is 11.3. The summed E-state index contributed by atoms with van der Waals surface area (Å²) < 4.78 is 0.